The van der Waals surface area contributed by atoms with Crippen LogP contribution in [0, 0.1) is 0 Å². The quantitative estimate of drug-likeness (QED) is 0.176. The number of nitrogens with zero attached hydrogens (tertiary/aromatic N) is 4. The third-order valence-electron chi connectivity index (χ3n) is 11.4. The molecule has 0 aliphatic heterocycles. The number of aromatic nitrogens is 4. The Bertz CT molecular complexity index is 3510. The van der Waals surface area contributed by atoms with E-state index in [1.165, 1.54) is 58.1 Å². The Morgan fingerprint density at radius 1 is 0.397 bits per heavy atom. The predicted octanol–water partition coefficient (Wildman–Crippen LogP) is 14.3. The monoisotopic (exact) mass is 756 g/mol. The minimum atomic E-state index is 0.694. The molecule has 0 bridgehead atoms. The van der Waals surface area contributed by atoms with E-state index in [-0.39, 0.29) is 0 Å². The van der Waals surface area contributed by atoms with Crippen LogP contribution < -0.4 is 0 Å². The van der Waals surface area contributed by atoms with Gasteiger partial charge in [-0.25, -0.2) is 15.0 Å². The summed E-state index contributed by atoms with van der Waals surface area (Å²) >= 11 is 1.83. The SMILES string of the molecule is c1ccc(-c2nc(-c3ccc(-n4c5ccccc5c5ccccc54)cc3)cc(-c3ccc4sc5c6ccccc6nc(-c6ccc7ccccc7c6)c5c4c3)n2)cc1. The number of thiophene rings is 1. The van der Waals surface area contributed by atoms with Crippen molar-refractivity contribution in [2.45, 2.75) is 0 Å². The van der Waals surface area contributed by atoms with Crippen molar-refractivity contribution < 1.29 is 0 Å². The van der Waals surface area contributed by atoms with Gasteiger partial charge in [-0.05, 0) is 65.4 Å². The summed E-state index contributed by atoms with van der Waals surface area (Å²) < 4.78 is 4.81. The third kappa shape index (κ3) is 5.25. The van der Waals surface area contributed by atoms with Gasteiger partial charge < -0.3 is 4.57 Å². The highest BCUT2D eigenvalue weighted by atomic mass is 32.1. The second-order valence-electron chi connectivity index (χ2n) is 14.8. The summed E-state index contributed by atoms with van der Waals surface area (Å²) in [6, 6.07) is 68.9. The molecule has 0 saturated carbocycles. The molecule has 0 unspecified atom stereocenters. The molecule has 270 valence electrons. The zero-order valence-electron chi connectivity index (χ0n) is 31.2. The van der Waals surface area contributed by atoms with E-state index in [1.807, 2.05) is 29.5 Å². The van der Waals surface area contributed by atoms with Gasteiger partial charge in [0.15, 0.2) is 5.82 Å². The average molecular weight is 757 g/mol. The fourth-order valence-electron chi connectivity index (χ4n) is 8.61. The van der Waals surface area contributed by atoms with E-state index in [0.717, 1.165) is 50.5 Å². The minimum absolute atomic E-state index is 0.694. The van der Waals surface area contributed by atoms with Crippen LogP contribution in [0.3, 0.4) is 0 Å². The van der Waals surface area contributed by atoms with E-state index >= 15 is 0 Å². The molecule has 0 N–H and O–H groups in total. The van der Waals surface area contributed by atoms with Gasteiger partial charge in [-0.1, -0.05) is 140 Å². The summed E-state index contributed by atoms with van der Waals surface area (Å²) in [6.45, 7) is 0. The molecule has 0 atom stereocenters. The van der Waals surface area contributed by atoms with Crippen LogP contribution in [0.1, 0.15) is 0 Å². The number of rotatable bonds is 5. The van der Waals surface area contributed by atoms with Crippen LogP contribution >= 0.6 is 11.3 Å². The maximum atomic E-state index is 5.35. The van der Waals surface area contributed by atoms with Gasteiger partial charge in [0, 0.05) is 64.3 Å². The van der Waals surface area contributed by atoms with Crippen molar-refractivity contribution in [3.8, 4) is 50.8 Å². The molecule has 0 spiro atoms. The van der Waals surface area contributed by atoms with Gasteiger partial charge in [0.2, 0.25) is 0 Å². The van der Waals surface area contributed by atoms with Crippen LogP contribution in [0.4, 0.5) is 0 Å². The fraction of sp³-hybridized carbons (Fsp3) is 0. The lowest BCUT2D eigenvalue weighted by Crippen LogP contribution is -1.97. The molecule has 0 radical (unpaired) electrons. The van der Waals surface area contributed by atoms with Crippen molar-refractivity contribution >= 4 is 75.0 Å². The molecule has 0 amide bonds. The number of para-hydroxylation sites is 3. The molecule has 0 aliphatic rings. The van der Waals surface area contributed by atoms with Gasteiger partial charge in [0.25, 0.3) is 0 Å². The summed E-state index contributed by atoms with van der Waals surface area (Å²) in [5.41, 5.74) is 11.4. The summed E-state index contributed by atoms with van der Waals surface area (Å²) in [4.78, 5) is 15.8. The Balaban J connectivity index is 1.03. The summed E-state index contributed by atoms with van der Waals surface area (Å²) in [5, 5.41) is 8.44. The van der Waals surface area contributed by atoms with E-state index in [2.05, 4.69) is 180 Å². The van der Waals surface area contributed by atoms with E-state index in [9.17, 15) is 0 Å². The largest absolute Gasteiger partial charge is 0.309 e. The molecule has 58 heavy (non-hydrogen) atoms. The first-order chi connectivity index (χ1) is 28.7. The molecule has 12 aromatic rings. The van der Waals surface area contributed by atoms with Crippen molar-refractivity contribution in [2.24, 2.45) is 0 Å². The summed E-state index contributed by atoms with van der Waals surface area (Å²) in [7, 11) is 0. The van der Waals surface area contributed by atoms with E-state index in [4.69, 9.17) is 15.0 Å². The van der Waals surface area contributed by atoms with Crippen LogP contribution in [0.25, 0.3) is 115 Å². The minimum Gasteiger partial charge on any atom is -0.309 e. The molecule has 12 rings (SSSR count). The lowest BCUT2D eigenvalue weighted by Gasteiger charge is -2.12. The van der Waals surface area contributed by atoms with E-state index < -0.39 is 0 Å². The molecule has 4 aromatic heterocycles. The third-order valence-corrected chi connectivity index (χ3v) is 12.6. The van der Waals surface area contributed by atoms with E-state index in [0.29, 0.717) is 5.82 Å². The summed E-state index contributed by atoms with van der Waals surface area (Å²) in [5.74, 6) is 0.694. The summed E-state index contributed by atoms with van der Waals surface area (Å²) in [6.07, 6.45) is 0. The molecular weight excluding hydrogens is 725 g/mol. The molecule has 0 aliphatic carbocycles. The number of benzene rings is 8. The highest BCUT2D eigenvalue weighted by Gasteiger charge is 2.19. The van der Waals surface area contributed by atoms with Crippen LogP contribution in [-0.2, 0) is 0 Å². The highest BCUT2D eigenvalue weighted by Crippen LogP contribution is 2.44. The second kappa shape index (κ2) is 13.1. The fourth-order valence-corrected chi connectivity index (χ4v) is 9.83. The van der Waals surface area contributed by atoms with Gasteiger partial charge in [0.05, 0.1) is 33.6 Å². The van der Waals surface area contributed by atoms with Crippen LogP contribution in [-0.4, -0.2) is 19.5 Å². The first-order valence-electron chi connectivity index (χ1n) is 19.5. The molecule has 0 fully saturated rings. The highest BCUT2D eigenvalue weighted by molar-refractivity contribution is 7.26. The number of pyridine rings is 1. The Hall–Kier alpha value is -7.47. The Kier molecular flexibility index (Phi) is 7.37. The van der Waals surface area contributed by atoms with Gasteiger partial charge in [0.1, 0.15) is 0 Å². The first kappa shape index (κ1) is 32.7. The normalized spacial score (nSPS) is 11.8. The topological polar surface area (TPSA) is 43.6 Å². The molecule has 4 nitrogen and oxygen atoms in total. The average Bonchev–Trinajstić information content (AvgIpc) is 3.85. The molecule has 5 heteroatoms. The van der Waals surface area contributed by atoms with Gasteiger partial charge in [-0.2, -0.15) is 0 Å². The molecule has 0 saturated heterocycles. The van der Waals surface area contributed by atoms with E-state index in [1.54, 1.807) is 0 Å². The maximum Gasteiger partial charge on any atom is 0.160 e. The Morgan fingerprint density at radius 2 is 1.02 bits per heavy atom. The zero-order valence-corrected chi connectivity index (χ0v) is 32.0. The van der Waals surface area contributed by atoms with Crippen molar-refractivity contribution in [3.63, 3.8) is 0 Å². The molecule has 4 heterocycles. The van der Waals surface area contributed by atoms with Crippen LogP contribution in [0.15, 0.2) is 194 Å². The van der Waals surface area contributed by atoms with Crippen molar-refractivity contribution in [3.05, 3.63) is 194 Å². The molecule has 8 aromatic carbocycles. The predicted molar refractivity (Wildman–Crippen MR) is 244 cm³/mol. The van der Waals surface area contributed by atoms with Crippen LogP contribution in [0.2, 0.25) is 0 Å². The Labute approximate surface area is 338 Å². The lowest BCUT2D eigenvalue weighted by molar-refractivity contribution is 1.17. The number of hydrogen-bond donors (Lipinski definition) is 0. The maximum absolute atomic E-state index is 5.35. The molecular formula is C53H32N4S. The standard InChI is InChI=1S/C53H32N4S/c1-2-13-35(14-3-1)53-55-45(34-24-27-39(28-25-34)57-47-20-10-7-16-40(47)41-17-8-11-21-48(41)57)32-46(56-53)37-26-29-49-43(31-37)50-51(38-23-22-33-12-4-5-15-36(33)30-38)54-44-19-9-6-18-42(44)52(50)58-49/h1-32H. The van der Waals surface area contributed by atoms with Crippen molar-refractivity contribution in [2.75, 3.05) is 0 Å². The number of hydrogen-bond acceptors (Lipinski definition) is 4. The second-order valence-corrected chi connectivity index (χ2v) is 15.9. The first-order valence-corrected chi connectivity index (χ1v) is 20.3. The van der Waals surface area contributed by atoms with Crippen LogP contribution in [0.5, 0.6) is 0 Å². The number of fused-ring (bicyclic) bond motifs is 9. The van der Waals surface area contributed by atoms with Crippen molar-refractivity contribution in [1.29, 1.82) is 0 Å². The van der Waals surface area contributed by atoms with Gasteiger partial charge in [-0.15, -0.1) is 11.3 Å². The van der Waals surface area contributed by atoms with Gasteiger partial charge >= 0.3 is 0 Å². The van der Waals surface area contributed by atoms with Crippen molar-refractivity contribution in [1.82, 2.24) is 19.5 Å². The Morgan fingerprint density at radius 3 is 1.79 bits per heavy atom. The lowest BCUT2D eigenvalue weighted by atomic mass is 9.98. The van der Waals surface area contributed by atoms with Gasteiger partial charge in [-0.3, -0.25) is 0 Å². The smallest absolute Gasteiger partial charge is 0.160 e. The zero-order chi connectivity index (χ0) is 38.2.